The maximum absolute atomic E-state index is 13.0. The highest BCUT2D eigenvalue weighted by Gasteiger charge is 2.19. The Labute approximate surface area is 198 Å². The fourth-order valence-electron chi connectivity index (χ4n) is 3.39. The summed E-state index contributed by atoms with van der Waals surface area (Å²) in [6.45, 7) is 1.66. The van der Waals surface area contributed by atoms with Gasteiger partial charge >= 0.3 is 0 Å². The van der Waals surface area contributed by atoms with Crippen LogP contribution >= 0.6 is 11.6 Å². The molecule has 0 spiro atoms. The molecule has 4 aromatic carbocycles. The number of phenolic OH excluding ortho intramolecular Hbond substituents is 2. The lowest BCUT2D eigenvalue weighted by Crippen LogP contribution is -2.12. The largest absolute Gasteiger partial charge is 0.505 e. The number of nitrogens with one attached hydrogen (secondary N) is 1. The number of hydrogen-bond acceptors (Lipinski definition) is 7. The first-order valence-corrected chi connectivity index (χ1v) is 10.3. The van der Waals surface area contributed by atoms with Gasteiger partial charge < -0.3 is 15.5 Å². The standard InChI is InChI=1S/C24H17ClN4O5/c1-13-9-15(25)11-20(22(13)30)27-28-21-18-8-3-2-5-14(18)10-19(23(21)31)24(32)26-16-6-4-7-17(12-16)29(33)34/h2-12,30-31H,1H3,(H,26,32). The quantitative estimate of drug-likeness (QED) is 0.165. The molecule has 0 saturated carbocycles. The number of hydrogen-bond donors (Lipinski definition) is 3. The molecular formula is C24H17ClN4O5. The van der Waals surface area contributed by atoms with Crippen LogP contribution in [0.15, 0.2) is 77.0 Å². The van der Waals surface area contributed by atoms with Crippen LogP contribution in [0, 0.1) is 17.0 Å². The summed E-state index contributed by atoms with van der Waals surface area (Å²) in [5, 5.41) is 44.4. The zero-order valence-corrected chi connectivity index (χ0v) is 18.4. The smallest absolute Gasteiger partial charge is 0.271 e. The number of nitro groups is 1. The number of aryl methyl sites for hydroxylation is 1. The van der Waals surface area contributed by atoms with Gasteiger partial charge in [0.25, 0.3) is 11.6 Å². The average Bonchev–Trinajstić information content (AvgIpc) is 2.81. The first-order chi connectivity index (χ1) is 16.2. The van der Waals surface area contributed by atoms with Gasteiger partial charge in [-0.1, -0.05) is 41.9 Å². The van der Waals surface area contributed by atoms with Crippen molar-refractivity contribution in [3.8, 4) is 11.5 Å². The molecule has 0 saturated heterocycles. The minimum Gasteiger partial charge on any atom is -0.505 e. The van der Waals surface area contributed by atoms with Crippen LogP contribution in [0.25, 0.3) is 10.8 Å². The molecule has 0 aromatic heterocycles. The zero-order valence-electron chi connectivity index (χ0n) is 17.7. The Bertz CT molecular complexity index is 1490. The number of anilines is 1. The molecule has 0 aliphatic rings. The first kappa shape index (κ1) is 22.7. The summed E-state index contributed by atoms with van der Waals surface area (Å²) in [5.74, 6) is -1.25. The molecule has 3 N–H and O–H groups in total. The Morgan fingerprint density at radius 1 is 1.00 bits per heavy atom. The lowest BCUT2D eigenvalue weighted by atomic mass is 10.0. The molecule has 10 heteroatoms. The zero-order chi connectivity index (χ0) is 24.4. The van der Waals surface area contributed by atoms with Gasteiger partial charge in [0, 0.05) is 28.2 Å². The summed E-state index contributed by atoms with van der Waals surface area (Å²) in [7, 11) is 0. The molecule has 0 heterocycles. The van der Waals surface area contributed by atoms with Gasteiger partial charge in [0.1, 0.15) is 17.1 Å². The van der Waals surface area contributed by atoms with Crippen molar-refractivity contribution >= 4 is 51.0 Å². The molecule has 0 radical (unpaired) electrons. The van der Waals surface area contributed by atoms with Crippen LogP contribution in [0.1, 0.15) is 15.9 Å². The van der Waals surface area contributed by atoms with Crippen LogP contribution in [-0.4, -0.2) is 21.0 Å². The van der Waals surface area contributed by atoms with Crippen LogP contribution in [0.5, 0.6) is 11.5 Å². The van der Waals surface area contributed by atoms with E-state index in [-0.39, 0.29) is 34.1 Å². The minimum atomic E-state index is -0.693. The molecule has 1 amide bonds. The third kappa shape index (κ3) is 4.50. The summed E-state index contributed by atoms with van der Waals surface area (Å²) < 4.78 is 0. The van der Waals surface area contributed by atoms with Gasteiger partial charge in [0.2, 0.25) is 0 Å². The van der Waals surface area contributed by atoms with Crippen molar-refractivity contribution in [1.29, 1.82) is 0 Å². The summed E-state index contributed by atoms with van der Waals surface area (Å²) in [6, 6.07) is 16.9. The Balaban J connectivity index is 1.78. The van der Waals surface area contributed by atoms with E-state index in [1.54, 1.807) is 37.3 Å². The fraction of sp³-hybridized carbons (Fsp3) is 0.0417. The lowest BCUT2D eigenvalue weighted by Gasteiger charge is -2.11. The van der Waals surface area contributed by atoms with Crippen molar-refractivity contribution in [1.82, 2.24) is 0 Å². The van der Waals surface area contributed by atoms with E-state index in [0.717, 1.165) is 0 Å². The van der Waals surface area contributed by atoms with Gasteiger partial charge in [-0.15, -0.1) is 10.2 Å². The van der Waals surface area contributed by atoms with Gasteiger partial charge in [-0.3, -0.25) is 14.9 Å². The number of aromatic hydroxyl groups is 2. The Hall–Kier alpha value is -4.50. The van der Waals surface area contributed by atoms with Crippen molar-refractivity contribution < 1.29 is 19.9 Å². The number of amides is 1. The van der Waals surface area contributed by atoms with E-state index in [0.29, 0.717) is 21.4 Å². The lowest BCUT2D eigenvalue weighted by molar-refractivity contribution is -0.384. The number of carbonyl (C=O) groups is 1. The van der Waals surface area contributed by atoms with Crippen LogP contribution in [0.4, 0.5) is 22.7 Å². The third-order valence-corrected chi connectivity index (χ3v) is 5.28. The number of benzene rings is 4. The van der Waals surface area contributed by atoms with Gasteiger partial charge in [-0.25, -0.2) is 0 Å². The molecule has 4 aromatic rings. The summed E-state index contributed by atoms with van der Waals surface area (Å²) in [4.78, 5) is 23.4. The average molecular weight is 477 g/mol. The summed E-state index contributed by atoms with van der Waals surface area (Å²) in [6.07, 6.45) is 0. The maximum Gasteiger partial charge on any atom is 0.271 e. The van der Waals surface area contributed by atoms with Crippen molar-refractivity contribution in [2.45, 2.75) is 6.92 Å². The highest BCUT2D eigenvalue weighted by Crippen LogP contribution is 2.41. The highest BCUT2D eigenvalue weighted by molar-refractivity contribution is 6.31. The molecule has 0 bridgehead atoms. The molecule has 170 valence electrons. The van der Waals surface area contributed by atoms with Gasteiger partial charge in [0.05, 0.1) is 10.5 Å². The molecule has 0 aliphatic heterocycles. The van der Waals surface area contributed by atoms with Crippen LogP contribution in [0.2, 0.25) is 5.02 Å². The highest BCUT2D eigenvalue weighted by atomic mass is 35.5. The molecule has 4 rings (SSSR count). The number of non-ortho nitro benzene ring substituents is 1. The molecule has 9 nitrogen and oxygen atoms in total. The maximum atomic E-state index is 13.0. The predicted molar refractivity (Wildman–Crippen MR) is 129 cm³/mol. The van der Waals surface area contributed by atoms with E-state index >= 15 is 0 Å². The second kappa shape index (κ2) is 9.16. The van der Waals surface area contributed by atoms with E-state index in [9.17, 15) is 25.1 Å². The topological polar surface area (TPSA) is 137 Å². The van der Waals surface area contributed by atoms with Gasteiger partial charge in [-0.05, 0) is 42.1 Å². The molecule has 0 aliphatic carbocycles. The molecule has 34 heavy (non-hydrogen) atoms. The van der Waals surface area contributed by atoms with E-state index in [1.807, 2.05) is 0 Å². The van der Waals surface area contributed by atoms with Crippen molar-refractivity contribution in [3.05, 3.63) is 93.0 Å². The van der Waals surface area contributed by atoms with Crippen LogP contribution < -0.4 is 5.32 Å². The van der Waals surface area contributed by atoms with E-state index in [1.165, 1.54) is 36.4 Å². The number of azo groups is 1. The molecule has 0 fully saturated rings. The third-order valence-electron chi connectivity index (χ3n) is 5.06. The number of nitrogens with zero attached hydrogens (tertiary/aromatic N) is 3. The van der Waals surface area contributed by atoms with E-state index in [4.69, 9.17) is 11.6 Å². The normalized spacial score (nSPS) is 11.1. The van der Waals surface area contributed by atoms with Gasteiger partial charge in [0.15, 0.2) is 5.75 Å². The number of carbonyl (C=O) groups excluding carboxylic acids is 1. The SMILES string of the molecule is Cc1cc(Cl)cc(N=Nc2c(O)c(C(=O)Nc3cccc([N+](=O)[O-])c3)cc3ccccc23)c1O. The number of phenols is 2. The number of nitro benzene ring substituents is 1. The summed E-state index contributed by atoms with van der Waals surface area (Å²) in [5.41, 5.74) is 0.506. The molecular weight excluding hydrogens is 460 g/mol. The summed E-state index contributed by atoms with van der Waals surface area (Å²) >= 11 is 6.05. The second-order valence-corrected chi connectivity index (χ2v) is 7.83. The number of rotatable bonds is 5. The van der Waals surface area contributed by atoms with E-state index < -0.39 is 16.6 Å². The second-order valence-electron chi connectivity index (χ2n) is 7.39. The number of halogens is 1. The van der Waals surface area contributed by atoms with Crippen LogP contribution in [-0.2, 0) is 0 Å². The molecule has 0 atom stereocenters. The van der Waals surface area contributed by atoms with Crippen molar-refractivity contribution in [2.24, 2.45) is 10.2 Å². The van der Waals surface area contributed by atoms with Crippen molar-refractivity contribution in [2.75, 3.05) is 5.32 Å². The minimum absolute atomic E-state index is 0.0133. The van der Waals surface area contributed by atoms with E-state index in [2.05, 4.69) is 15.5 Å². The van der Waals surface area contributed by atoms with Crippen molar-refractivity contribution in [3.63, 3.8) is 0 Å². The Kier molecular flexibility index (Phi) is 6.11. The van der Waals surface area contributed by atoms with Crippen LogP contribution in [0.3, 0.4) is 0 Å². The number of fused-ring (bicyclic) bond motifs is 1. The van der Waals surface area contributed by atoms with Gasteiger partial charge in [-0.2, -0.15) is 0 Å². The fourth-order valence-corrected chi connectivity index (χ4v) is 3.65. The molecule has 0 unspecified atom stereocenters. The monoisotopic (exact) mass is 476 g/mol. The first-order valence-electron chi connectivity index (χ1n) is 9.96. The Morgan fingerprint density at radius 3 is 2.53 bits per heavy atom. The predicted octanol–water partition coefficient (Wildman–Crippen LogP) is 6.79. The Morgan fingerprint density at radius 2 is 1.76 bits per heavy atom.